The Morgan fingerprint density at radius 1 is 1.31 bits per heavy atom. The number of nitrogens with one attached hydrogen (secondary N) is 1. The highest BCUT2D eigenvalue weighted by Crippen LogP contribution is 2.21. The lowest BCUT2D eigenvalue weighted by Crippen LogP contribution is -2.15. The normalized spacial score (nSPS) is 10.9. The molecule has 0 fully saturated rings. The molecule has 0 aliphatic carbocycles. The molecule has 0 spiro atoms. The molecule has 0 saturated carbocycles. The summed E-state index contributed by atoms with van der Waals surface area (Å²) in [4.78, 5) is 1.26. The lowest BCUT2D eigenvalue weighted by atomic mass is 10.3. The third-order valence-corrected chi connectivity index (χ3v) is 3.76. The second-order valence-corrected chi connectivity index (χ2v) is 5.92. The van der Waals surface area contributed by atoms with Crippen molar-refractivity contribution in [2.45, 2.75) is 13.0 Å². The van der Waals surface area contributed by atoms with Crippen molar-refractivity contribution in [3.63, 3.8) is 0 Å². The number of thiophene rings is 1. The fourth-order valence-corrected chi connectivity index (χ4v) is 2.75. The zero-order valence-electron chi connectivity index (χ0n) is 8.50. The Morgan fingerprint density at radius 3 is 2.81 bits per heavy atom. The molecule has 1 N–H and O–H groups in total. The summed E-state index contributed by atoms with van der Waals surface area (Å²) in [5.41, 5.74) is 0. The van der Waals surface area contributed by atoms with Crippen molar-refractivity contribution in [2.75, 3.05) is 6.54 Å². The summed E-state index contributed by atoms with van der Waals surface area (Å²) in [6.45, 7) is 1.76. The molecule has 0 amide bonds. The maximum absolute atomic E-state index is 5.84. The molecule has 2 nitrogen and oxygen atoms in total. The first kappa shape index (κ1) is 12.2. The first-order valence-corrected chi connectivity index (χ1v) is 6.92. The second kappa shape index (κ2) is 5.87. The van der Waals surface area contributed by atoms with E-state index in [0.717, 1.165) is 34.3 Å². The molecule has 86 valence electrons. The van der Waals surface area contributed by atoms with Gasteiger partial charge in [-0.15, -0.1) is 11.3 Å². The van der Waals surface area contributed by atoms with Crippen LogP contribution in [0.2, 0.25) is 4.34 Å². The van der Waals surface area contributed by atoms with E-state index in [9.17, 15) is 0 Å². The van der Waals surface area contributed by atoms with E-state index in [2.05, 4.69) is 21.2 Å². The van der Waals surface area contributed by atoms with Gasteiger partial charge < -0.3 is 9.73 Å². The summed E-state index contributed by atoms with van der Waals surface area (Å²) in [6.07, 6.45) is 0.894. The van der Waals surface area contributed by atoms with Crippen molar-refractivity contribution < 1.29 is 4.42 Å². The molecule has 5 heteroatoms. The minimum Gasteiger partial charge on any atom is -0.454 e. The van der Waals surface area contributed by atoms with Crippen LogP contribution in [-0.4, -0.2) is 6.54 Å². The van der Waals surface area contributed by atoms with Gasteiger partial charge in [0.1, 0.15) is 5.76 Å². The average molecular weight is 321 g/mol. The zero-order valence-corrected chi connectivity index (χ0v) is 11.7. The third kappa shape index (κ3) is 3.63. The number of halogens is 2. The molecule has 0 atom stereocenters. The molecule has 0 aromatic carbocycles. The lowest BCUT2D eigenvalue weighted by Gasteiger charge is -2.00. The molecule has 0 unspecified atom stereocenters. The van der Waals surface area contributed by atoms with Crippen molar-refractivity contribution in [1.82, 2.24) is 5.32 Å². The van der Waals surface area contributed by atoms with Crippen LogP contribution in [0, 0.1) is 0 Å². The summed E-state index contributed by atoms with van der Waals surface area (Å²) in [5, 5.41) is 3.35. The van der Waals surface area contributed by atoms with E-state index in [1.807, 2.05) is 24.3 Å². The fraction of sp³-hybridized carbons (Fsp3) is 0.273. The molecule has 0 aliphatic rings. The topological polar surface area (TPSA) is 25.2 Å². The fourth-order valence-electron chi connectivity index (χ4n) is 1.36. The van der Waals surface area contributed by atoms with Gasteiger partial charge in [-0.3, -0.25) is 0 Å². The number of hydrogen-bond acceptors (Lipinski definition) is 3. The van der Waals surface area contributed by atoms with Gasteiger partial charge in [0.15, 0.2) is 4.67 Å². The van der Waals surface area contributed by atoms with Gasteiger partial charge in [-0.2, -0.15) is 0 Å². The first-order chi connectivity index (χ1) is 7.74. The van der Waals surface area contributed by atoms with Crippen molar-refractivity contribution >= 4 is 38.9 Å². The van der Waals surface area contributed by atoms with Crippen LogP contribution in [0.4, 0.5) is 0 Å². The maximum Gasteiger partial charge on any atom is 0.169 e. The van der Waals surface area contributed by atoms with E-state index < -0.39 is 0 Å². The Morgan fingerprint density at radius 2 is 2.19 bits per heavy atom. The van der Waals surface area contributed by atoms with E-state index >= 15 is 0 Å². The van der Waals surface area contributed by atoms with E-state index in [-0.39, 0.29) is 0 Å². The van der Waals surface area contributed by atoms with Crippen molar-refractivity contribution in [1.29, 1.82) is 0 Å². The maximum atomic E-state index is 5.84. The van der Waals surface area contributed by atoms with Gasteiger partial charge in [0, 0.05) is 24.4 Å². The first-order valence-electron chi connectivity index (χ1n) is 4.93. The van der Waals surface area contributed by atoms with Gasteiger partial charge in [0.25, 0.3) is 0 Å². The van der Waals surface area contributed by atoms with Crippen LogP contribution in [0.25, 0.3) is 0 Å². The monoisotopic (exact) mass is 319 g/mol. The summed E-state index contributed by atoms with van der Waals surface area (Å²) in [7, 11) is 0. The summed E-state index contributed by atoms with van der Waals surface area (Å²) in [6, 6.07) is 7.86. The van der Waals surface area contributed by atoms with Crippen LogP contribution in [0.1, 0.15) is 10.6 Å². The predicted molar refractivity (Wildman–Crippen MR) is 71.1 cm³/mol. The van der Waals surface area contributed by atoms with Crippen LogP contribution in [0.5, 0.6) is 0 Å². The van der Waals surface area contributed by atoms with Crippen LogP contribution in [-0.2, 0) is 13.0 Å². The van der Waals surface area contributed by atoms with Crippen LogP contribution in [0.15, 0.2) is 33.4 Å². The zero-order chi connectivity index (χ0) is 11.4. The Bertz CT molecular complexity index is 412. The third-order valence-electron chi connectivity index (χ3n) is 2.11. The smallest absolute Gasteiger partial charge is 0.169 e. The molecule has 16 heavy (non-hydrogen) atoms. The highest BCUT2D eigenvalue weighted by atomic mass is 79.9. The van der Waals surface area contributed by atoms with Crippen molar-refractivity contribution in [2.24, 2.45) is 0 Å². The molecular weight excluding hydrogens is 310 g/mol. The number of furan rings is 1. The molecule has 0 radical (unpaired) electrons. The van der Waals surface area contributed by atoms with Gasteiger partial charge in [0.2, 0.25) is 0 Å². The van der Waals surface area contributed by atoms with Gasteiger partial charge in [-0.25, -0.2) is 0 Å². The molecule has 2 aromatic rings. The molecule has 2 aromatic heterocycles. The minimum atomic E-state index is 0.785. The highest BCUT2D eigenvalue weighted by molar-refractivity contribution is 9.10. The van der Waals surface area contributed by atoms with E-state index in [1.54, 1.807) is 11.3 Å². The van der Waals surface area contributed by atoms with Gasteiger partial charge in [0.05, 0.1) is 4.34 Å². The number of rotatable bonds is 5. The van der Waals surface area contributed by atoms with Crippen LogP contribution >= 0.6 is 38.9 Å². The van der Waals surface area contributed by atoms with E-state index in [0.29, 0.717) is 0 Å². The minimum absolute atomic E-state index is 0.785. The molecule has 2 heterocycles. The van der Waals surface area contributed by atoms with Crippen molar-refractivity contribution in [3.8, 4) is 0 Å². The Labute approximate surface area is 112 Å². The van der Waals surface area contributed by atoms with Crippen LogP contribution < -0.4 is 5.32 Å². The summed E-state index contributed by atoms with van der Waals surface area (Å²) < 4.78 is 7.02. The van der Waals surface area contributed by atoms with E-state index in [4.69, 9.17) is 16.0 Å². The molecular formula is C11H11BrClNOS. The Hall–Kier alpha value is -0.290. The summed E-state index contributed by atoms with van der Waals surface area (Å²) >= 11 is 10.7. The highest BCUT2D eigenvalue weighted by Gasteiger charge is 2.00. The predicted octanol–water partition coefficient (Wildman–Crippen LogP) is 4.09. The van der Waals surface area contributed by atoms with Gasteiger partial charge >= 0.3 is 0 Å². The molecule has 0 bridgehead atoms. The average Bonchev–Trinajstić information content (AvgIpc) is 2.83. The quantitative estimate of drug-likeness (QED) is 0.839. The SMILES string of the molecule is Clc1ccc(CNCCc2ccc(Br)o2)s1. The lowest BCUT2D eigenvalue weighted by molar-refractivity contribution is 0.480. The molecule has 2 rings (SSSR count). The molecule has 0 saturated heterocycles. The second-order valence-electron chi connectivity index (χ2n) is 3.34. The van der Waals surface area contributed by atoms with Gasteiger partial charge in [-0.05, 0) is 40.2 Å². The Kier molecular flexibility index (Phi) is 4.46. The number of hydrogen-bond donors (Lipinski definition) is 1. The Balaban J connectivity index is 1.69. The summed E-state index contributed by atoms with van der Waals surface area (Å²) in [5.74, 6) is 0.989. The van der Waals surface area contributed by atoms with E-state index in [1.165, 1.54) is 4.88 Å². The van der Waals surface area contributed by atoms with Crippen molar-refractivity contribution in [3.05, 3.63) is 43.9 Å². The van der Waals surface area contributed by atoms with Gasteiger partial charge in [-0.1, -0.05) is 11.6 Å². The molecule has 0 aliphatic heterocycles. The standard InChI is InChI=1S/C11H11BrClNOS/c12-10-3-1-8(15-10)5-6-14-7-9-2-4-11(13)16-9/h1-4,14H,5-7H2. The largest absolute Gasteiger partial charge is 0.454 e. The van der Waals surface area contributed by atoms with Crippen LogP contribution in [0.3, 0.4) is 0 Å².